The van der Waals surface area contributed by atoms with Crippen LogP contribution in [0.2, 0.25) is 0 Å². The molecule has 0 saturated heterocycles. The molecular weight excluding hydrogens is 400 g/mol. The Balaban J connectivity index is 1.46. The van der Waals surface area contributed by atoms with Gasteiger partial charge in [0, 0.05) is 46.3 Å². The summed E-state index contributed by atoms with van der Waals surface area (Å²) in [6.45, 7) is 3.44. The van der Waals surface area contributed by atoms with Crippen molar-refractivity contribution in [2.24, 2.45) is 0 Å². The summed E-state index contributed by atoms with van der Waals surface area (Å²) in [4.78, 5) is 17.7. The summed E-state index contributed by atoms with van der Waals surface area (Å²) in [5, 5.41) is 1.22. The molecule has 0 bridgehead atoms. The number of halogens is 1. The molecule has 1 N–H and O–H groups in total. The number of amides is 1. The van der Waals surface area contributed by atoms with E-state index >= 15 is 0 Å². The van der Waals surface area contributed by atoms with Crippen LogP contribution >= 0.6 is 15.9 Å². The average molecular weight is 421 g/mol. The van der Waals surface area contributed by atoms with Gasteiger partial charge in [0.2, 0.25) is 5.91 Å². The van der Waals surface area contributed by atoms with E-state index in [9.17, 15) is 4.79 Å². The Morgan fingerprint density at radius 2 is 2.00 bits per heavy atom. The summed E-state index contributed by atoms with van der Waals surface area (Å²) in [5.41, 5.74) is 5.93. The molecule has 3 aromatic rings. The fraction of sp³-hybridized carbons (Fsp3) is 0.174. The number of benzene rings is 2. The molecule has 1 aromatic heterocycles. The Morgan fingerprint density at radius 3 is 2.74 bits per heavy atom. The van der Waals surface area contributed by atoms with Crippen molar-refractivity contribution in [3.05, 3.63) is 82.0 Å². The lowest BCUT2D eigenvalue weighted by atomic mass is 9.99. The Labute approximate surface area is 167 Å². The summed E-state index contributed by atoms with van der Waals surface area (Å²) >= 11 is 3.55. The lowest BCUT2D eigenvalue weighted by Gasteiger charge is -2.25. The van der Waals surface area contributed by atoms with Gasteiger partial charge >= 0.3 is 0 Å². The van der Waals surface area contributed by atoms with Crippen LogP contribution in [0.4, 0.5) is 0 Å². The Hall–Kier alpha value is -2.59. The number of aromatic amines is 1. The van der Waals surface area contributed by atoms with E-state index in [-0.39, 0.29) is 5.91 Å². The second kappa shape index (κ2) is 7.57. The van der Waals surface area contributed by atoms with Gasteiger partial charge in [0.25, 0.3) is 0 Å². The van der Waals surface area contributed by atoms with Gasteiger partial charge in [0.15, 0.2) is 0 Å². The zero-order chi connectivity index (χ0) is 18.8. The van der Waals surface area contributed by atoms with Gasteiger partial charge in [-0.1, -0.05) is 51.8 Å². The first-order valence-electron chi connectivity index (χ1n) is 9.10. The minimum Gasteiger partial charge on any atom is -0.361 e. The van der Waals surface area contributed by atoms with E-state index in [0.29, 0.717) is 6.54 Å². The second-order valence-electron chi connectivity index (χ2n) is 6.90. The van der Waals surface area contributed by atoms with Crippen molar-refractivity contribution in [3.63, 3.8) is 0 Å². The predicted octanol–water partition coefficient (Wildman–Crippen LogP) is 5.57. The number of carbonyl (C=O) groups excluding carboxylic acids is 1. The SMILES string of the molecule is Cc1ccc(/C=C/C(=O)N2CC=C(c3c[nH]c4ccc(Br)cc34)CC2)cc1. The highest BCUT2D eigenvalue weighted by Gasteiger charge is 2.18. The quantitative estimate of drug-likeness (QED) is 0.552. The number of hydrogen-bond acceptors (Lipinski definition) is 1. The van der Waals surface area contributed by atoms with E-state index in [1.165, 1.54) is 22.1 Å². The zero-order valence-corrected chi connectivity index (χ0v) is 16.8. The van der Waals surface area contributed by atoms with Crippen LogP contribution < -0.4 is 0 Å². The van der Waals surface area contributed by atoms with Gasteiger partial charge < -0.3 is 9.88 Å². The Kier molecular flexibility index (Phi) is 4.99. The number of nitrogens with zero attached hydrogens (tertiary/aromatic N) is 1. The molecular formula is C23H21BrN2O. The Morgan fingerprint density at radius 1 is 1.19 bits per heavy atom. The number of fused-ring (bicyclic) bond motifs is 1. The fourth-order valence-corrected chi connectivity index (χ4v) is 3.78. The van der Waals surface area contributed by atoms with Crippen LogP contribution in [0.25, 0.3) is 22.6 Å². The maximum absolute atomic E-state index is 12.5. The van der Waals surface area contributed by atoms with Crippen LogP contribution in [0, 0.1) is 6.92 Å². The molecule has 0 radical (unpaired) electrons. The smallest absolute Gasteiger partial charge is 0.246 e. The van der Waals surface area contributed by atoms with E-state index in [0.717, 1.165) is 28.5 Å². The second-order valence-corrected chi connectivity index (χ2v) is 7.82. The molecule has 0 saturated carbocycles. The lowest BCUT2D eigenvalue weighted by molar-refractivity contribution is -0.125. The van der Waals surface area contributed by atoms with Crippen molar-refractivity contribution in [2.45, 2.75) is 13.3 Å². The molecule has 2 heterocycles. The number of hydrogen-bond donors (Lipinski definition) is 1. The molecule has 0 unspecified atom stereocenters. The van der Waals surface area contributed by atoms with E-state index < -0.39 is 0 Å². The summed E-state index contributed by atoms with van der Waals surface area (Å²) < 4.78 is 1.07. The zero-order valence-electron chi connectivity index (χ0n) is 15.2. The monoisotopic (exact) mass is 420 g/mol. The van der Waals surface area contributed by atoms with Crippen LogP contribution in [0.15, 0.2) is 65.3 Å². The van der Waals surface area contributed by atoms with Crippen molar-refractivity contribution in [1.29, 1.82) is 0 Å². The molecule has 0 fully saturated rings. The molecule has 1 aliphatic rings. The molecule has 2 aromatic carbocycles. The number of carbonyl (C=O) groups is 1. The van der Waals surface area contributed by atoms with Crippen LogP contribution in [-0.2, 0) is 4.79 Å². The van der Waals surface area contributed by atoms with Crippen molar-refractivity contribution in [2.75, 3.05) is 13.1 Å². The topological polar surface area (TPSA) is 36.1 Å². The number of H-pyrrole nitrogens is 1. The minimum atomic E-state index is 0.0625. The minimum absolute atomic E-state index is 0.0625. The van der Waals surface area contributed by atoms with Gasteiger partial charge in [-0.3, -0.25) is 4.79 Å². The van der Waals surface area contributed by atoms with E-state index in [1.54, 1.807) is 6.08 Å². The first-order valence-corrected chi connectivity index (χ1v) is 9.89. The van der Waals surface area contributed by atoms with Crippen molar-refractivity contribution in [1.82, 2.24) is 9.88 Å². The third kappa shape index (κ3) is 3.91. The first-order chi connectivity index (χ1) is 13.1. The maximum Gasteiger partial charge on any atom is 0.246 e. The molecule has 27 heavy (non-hydrogen) atoms. The van der Waals surface area contributed by atoms with Gasteiger partial charge in [0.05, 0.1) is 0 Å². The number of aromatic nitrogens is 1. The average Bonchev–Trinajstić information content (AvgIpc) is 3.10. The molecule has 0 aliphatic carbocycles. The normalized spacial score (nSPS) is 14.7. The van der Waals surface area contributed by atoms with Gasteiger partial charge in [-0.05, 0) is 48.8 Å². The van der Waals surface area contributed by atoms with Crippen molar-refractivity contribution < 1.29 is 4.79 Å². The number of aryl methyl sites for hydroxylation is 1. The van der Waals surface area contributed by atoms with E-state index in [2.05, 4.69) is 64.4 Å². The standard InChI is InChI=1S/C23H21BrN2O/c1-16-2-4-17(5-3-16)6-9-23(27)26-12-10-18(11-13-26)21-15-25-22-8-7-19(24)14-20(21)22/h2-10,14-15,25H,11-13H2,1H3/b9-6+. The molecule has 3 nitrogen and oxygen atoms in total. The highest BCUT2D eigenvalue weighted by Crippen LogP contribution is 2.31. The van der Waals surface area contributed by atoms with Gasteiger partial charge in [-0.25, -0.2) is 0 Å². The van der Waals surface area contributed by atoms with E-state index in [1.807, 2.05) is 29.2 Å². The summed E-state index contributed by atoms with van der Waals surface area (Å²) in [6.07, 6.45) is 8.66. The molecule has 1 aliphatic heterocycles. The fourth-order valence-electron chi connectivity index (χ4n) is 3.42. The predicted molar refractivity (Wildman–Crippen MR) is 115 cm³/mol. The number of nitrogens with one attached hydrogen (secondary N) is 1. The molecule has 4 heteroatoms. The van der Waals surface area contributed by atoms with Gasteiger partial charge in [0.1, 0.15) is 0 Å². The molecule has 136 valence electrons. The van der Waals surface area contributed by atoms with Crippen LogP contribution in [0.5, 0.6) is 0 Å². The van der Waals surface area contributed by atoms with Crippen molar-refractivity contribution >= 4 is 44.4 Å². The highest BCUT2D eigenvalue weighted by atomic mass is 79.9. The van der Waals surface area contributed by atoms with Crippen LogP contribution in [0.1, 0.15) is 23.1 Å². The maximum atomic E-state index is 12.5. The van der Waals surface area contributed by atoms with Crippen LogP contribution in [0.3, 0.4) is 0 Å². The largest absolute Gasteiger partial charge is 0.361 e. The highest BCUT2D eigenvalue weighted by molar-refractivity contribution is 9.10. The van der Waals surface area contributed by atoms with Gasteiger partial charge in [-0.15, -0.1) is 0 Å². The summed E-state index contributed by atoms with van der Waals surface area (Å²) in [5.74, 6) is 0.0625. The van der Waals surface area contributed by atoms with Crippen LogP contribution in [-0.4, -0.2) is 28.9 Å². The molecule has 1 amide bonds. The number of rotatable bonds is 3. The first kappa shape index (κ1) is 17.8. The summed E-state index contributed by atoms with van der Waals surface area (Å²) in [6, 6.07) is 14.4. The van der Waals surface area contributed by atoms with Crippen molar-refractivity contribution in [3.8, 4) is 0 Å². The van der Waals surface area contributed by atoms with Gasteiger partial charge in [-0.2, -0.15) is 0 Å². The van der Waals surface area contributed by atoms with E-state index in [4.69, 9.17) is 0 Å². The summed E-state index contributed by atoms with van der Waals surface area (Å²) in [7, 11) is 0. The molecule has 4 rings (SSSR count). The lowest BCUT2D eigenvalue weighted by Crippen LogP contribution is -2.33. The third-order valence-corrected chi connectivity index (χ3v) is 5.50. The molecule has 0 atom stereocenters. The molecule has 0 spiro atoms. The Bertz CT molecular complexity index is 1040. The third-order valence-electron chi connectivity index (χ3n) is 5.01.